The van der Waals surface area contributed by atoms with Crippen LogP contribution < -0.4 is 5.32 Å². The summed E-state index contributed by atoms with van der Waals surface area (Å²) < 4.78 is 51.7. The number of rotatable bonds is 2. The summed E-state index contributed by atoms with van der Waals surface area (Å²) in [5.74, 6) is -1.73. The van der Waals surface area contributed by atoms with Crippen LogP contribution in [-0.4, -0.2) is 5.91 Å². The maximum absolute atomic E-state index is 13.4. The summed E-state index contributed by atoms with van der Waals surface area (Å²) in [5, 5.41) is 2.08. The molecule has 104 valence electrons. The molecule has 0 spiro atoms. The number of carbonyl (C=O) groups excluding carboxylic acids is 1. The molecule has 0 atom stereocenters. The van der Waals surface area contributed by atoms with Gasteiger partial charge in [-0.25, -0.2) is 4.39 Å². The fraction of sp³-hybridized carbons (Fsp3) is 0.0714. The zero-order valence-electron chi connectivity index (χ0n) is 10.0. The zero-order valence-corrected chi connectivity index (χ0v) is 10.0. The molecule has 2 nitrogen and oxygen atoms in total. The minimum absolute atomic E-state index is 0.315. The molecule has 6 heteroatoms. The van der Waals surface area contributed by atoms with Gasteiger partial charge >= 0.3 is 6.18 Å². The highest BCUT2D eigenvalue weighted by Crippen LogP contribution is 2.34. The molecule has 0 fully saturated rings. The Morgan fingerprint density at radius 1 is 0.950 bits per heavy atom. The molecule has 0 radical (unpaired) electrons. The first-order valence-electron chi connectivity index (χ1n) is 5.61. The molecular weight excluding hydrogens is 274 g/mol. The molecule has 0 heterocycles. The summed E-state index contributed by atoms with van der Waals surface area (Å²) in [5.41, 5.74) is -1.71. The molecule has 0 aromatic heterocycles. The lowest BCUT2D eigenvalue weighted by atomic mass is 10.1. The molecule has 2 aromatic carbocycles. The standard InChI is InChI=1S/C14H9F4NO/c15-11-7-3-1-5-9(11)13(20)19-12-8-4-2-6-10(12)14(16,17)18/h1-8H,(H,19,20). The van der Waals surface area contributed by atoms with Gasteiger partial charge in [0.25, 0.3) is 5.91 Å². The van der Waals surface area contributed by atoms with Crippen LogP contribution in [0.25, 0.3) is 0 Å². The zero-order chi connectivity index (χ0) is 14.8. The van der Waals surface area contributed by atoms with Crippen molar-refractivity contribution in [3.63, 3.8) is 0 Å². The number of halogens is 4. The quantitative estimate of drug-likeness (QED) is 0.826. The lowest BCUT2D eigenvalue weighted by Gasteiger charge is -2.13. The van der Waals surface area contributed by atoms with Crippen molar-refractivity contribution in [3.05, 3.63) is 65.5 Å². The monoisotopic (exact) mass is 283 g/mol. The Morgan fingerprint density at radius 3 is 2.20 bits per heavy atom. The van der Waals surface area contributed by atoms with Crippen molar-refractivity contribution in [2.75, 3.05) is 5.32 Å². The molecule has 0 aliphatic heterocycles. The molecule has 0 aliphatic carbocycles. The minimum Gasteiger partial charge on any atom is -0.321 e. The molecule has 0 bridgehead atoms. The largest absolute Gasteiger partial charge is 0.418 e. The van der Waals surface area contributed by atoms with Crippen LogP contribution in [0, 0.1) is 5.82 Å². The van der Waals surface area contributed by atoms with Crippen molar-refractivity contribution in [1.29, 1.82) is 0 Å². The average molecular weight is 283 g/mol. The topological polar surface area (TPSA) is 29.1 Å². The van der Waals surface area contributed by atoms with E-state index in [-0.39, 0.29) is 5.56 Å². The SMILES string of the molecule is O=C(Nc1ccccc1C(F)(F)F)c1ccccc1F. The molecule has 0 aliphatic rings. The third-order valence-electron chi connectivity index (χ3n) is 2.60. The van der Waals surface area contributed by atoms with Crippen LogP contribution in [0.3, 0.4) is 0 Å². The van der Waals surface area contributed by atoms with E-state index < -0.39 is 29.2 Å². The van der Waals surface area contributed by atoms with E-state index in [4.69, 9.17) is 0 Å². The van der Waals surface area contributed by atoms with Gasteiger partial charge in [0.15, 0.2) is 0 Å². The number of amides is 1. The van der Waals surface area contributed by atoms with Gasteiger partial charge in [-0.05, 0) is 24.3 Å². The lowest BCUT2D eigenvalue weighted by Crippen LogP contribution is -2.17. The van der Waals surface area contributed by atoms with E-state index >= 15 is 0 Å². The van der Waals surface area contributed by atoms with Crippen LogP contribution in [0.15, 0.2) is 48.5 Å². The Labute approximate surface area is 112 Å². The molecule has 20 heavy (non-hydrogen) atoms. The Hall–Kier alpha value is -2.37. The highest BCUT2D eigenvalue weighted by atomic mass is 19.4. The smallest absolute Gasteiger partial charge is 0.321 e. The van der Waals surface area contributed by atoms with Crippen LogP contribution in [0.1, 0.15) is 15.9 Å². The second-order valence-corrected chi connectivity index (χ2v) is 3.98. The molecule has 1 N–H and O–H groups in total. The van der Waals surface area contributed by atoms with E-state index in [1.165, 1.54) is 30.3 Å². The van der Waals surface area contributed by atoms with E-state index in [1.54, 1.807) is 0 Å². The Balaban J connectivity index is 2.32. The number of anilines is 1. The molecule has 0 saturated heterocycles. The number of carbonyl (C=O) groups is 1. The number of nitrogens with one attached hydrogen (secondary N) is 1. The summed E-state index contributed by atoms with van der Waals surface area (Å²) in [7, 11) is 0. The van der Waals surface area contributed by atoms with Gasteiger partial charge in [0.1, 0.15) is 5.82 Å². The van der Waals surface area contributed by atoms with Crippen LogP contribution in [-0.2, 0) is 6.18 Å². The van der Waals surface area contributed by atoms with Crippen molar-refractivity contribution >= 4 is 11.6 Å². The van der Waals surface area contributed by atoms with E-state index in [0.29, 0.717) is 0 Å². The second kappa shape index (κ2) is 5.32. The van der Waals surface area contributed by atoms with Gasteiger partial charge in [0, 0.05) is 0 Å². The van der Waals surface area contributed by atoms with Gasteiger partial charge in [-0.2, -0.15) is 13.2 Å². The van der Waals surface area contributed by atoms with Crippen molar-refractivity contribution < 1.29 is 22.4 Å². The molecule has 0 unspecified atom stereocenters. The molecule has 1 amide bonds. The number of hydrogen-bond donors (Lipinski definition) is 1. The van der Waals surface area contributed by atoms with E-state index in [2.05, 4.69) is 5.32 Å². The number of benzene rings is 2. The molecule has 2 rings (SSSR count). The first kappa shape index (κ1) is 14.0. The van der Waals surface area contributed by atoms with Crippen LogP contribution in [0.2, 0.25) is 0 Å². The minimum atomic E-state index is -4.60. The Bertz CT molecular complexity index is 637. The fourth-order valence-electron chi connectivity index (χ4n) is 1.67. The predicted molar refractivity (Wildman–Crippen MR) is 65.8 cm³/mol. The lowest BCUT2D eigenvalue weighted by molar-refractivity contribution is -0.136. The first-order chi connectivity index (χ1) is 9.39. The Kier molecular flexibility index (Phi) is 3.74. The van der Waals surface area contributed by atoms with E-state index in [1.807, 2.05) is 0 Å². The third-order valence-corrected chi connectivity index (χ3v) is 2.60. The maximum Gasteiger partial charge on any atom is 0.418 e. The van der Waals surface area contributed by atoms with E-state index in [0.717, 1.165) is 18.2 Å². The summed E-state index contributed by atoms with van der Waals surface area (Å²) in [6, 6.07) is 9.58. The Morgan fingerprint density at radius 2 is 1.55 bits per heavy atom. The summed E-state index contributed by atoms with van der Waals surface area (Å²) >= 11 is 0. The third kappa shape index (κ3) is 2.96. The van der Waals surface area contributed by atoms with E-state index in [9.17, 15) is 22.4 Å². The highest BCUT2D eigenvalue weighted by molar-refractivity contribution is 6.04. The second-order valence-electron chi connectivity index (χ2n) is 3.98. The van der Waals surface area contributed by atoms with Gasteiger partial charge < -0.3 is 5.32 Å². The average Bonchev–Trinajstić information content (AvgIpc) is 2.38. The van der Waals surface area contributed by atoms with Crippen LogP contribution in [0.4, 0.5) is 23.2 Å². The fourth-order valence-corrected chi connectivity index (χ4v) is 1.67. The number of para-hydroxylation sites is 1. The first-order valence-corrected chi connectivity index (χ1v) is 5.61. The summed E-state index contributed by atoms with van der Waals surface area (Å²) in [4.78, 5) is 11.8. The predicted octanol–water partition coefficient (Wildman–Crippen LogP) is 4.10. The molecule has 0 saturated carbocycles. The van der Waals surface area contributed by atoms with Gasteiger partial charge in [0.05, 0.1) is 16.8 Å². The number of alkyl halides is 3. The van der Waals surface area contributed by atoms with Gasteiger partial charge in [-0.15, -0.1) is 0 Å². The van der Waals surface area contributed by atoms with Crippen LogP contribution in [0.5, 0.6) is 0 Å². The molecular formula is C14H9F4NO. The summed E-state index contributed by atoms with van der Waals surface area (Å²) in [6.07, 6.45) is -4.60. The summed E-state index contributed by atoms with van der Waals surface area (Å²) in [6.45, 7) is 0. The molecule has 2 aromatic rings. The van der Waals surface area contributed by atoms with Crippen molar-refractivity contribution in [2.24, 2.45) is 0 Å². The van der Waals surface area contributed by atoms with Crippen molar-refractivity contribution in [2.45, 2.75) is 6.18 Å². The highest BCUT2D eigenvalue weighted by Gasteiger charge is 2.33. The van der Waals surface area contributed by atoms with Crippen molar-refractivity contribution in [1.82, 2.24) is 0 Å². The van der Waals surface area contributed by atoms with Gasteiger partial charge in [-0.3, -0.25) is 4.79 Å². The van der Waals surface area contributed by atoms with Gasteiger partial charge in [0.2, 0.25) is 0 Å². The van der Waals surface area contributed by atoms with Crippen molar-refractivity contribution in [3.8, 4) is 0 Å². The normalized spacial score (nSPS) is 11.2. The number of hydrogen-bond acceptors (Lipinski definition) is 1. The van der Waals surface area contributed by atoms with Crippen LogP contribution >= 0.6 is 0 Å². The maximum atomic E-state index is 13.4. The van der Waals surface area contributed by atoms with Gasteiger partial charge in [-0.1, -0.05) is 24.3 Å².